The molecule has 7 nitrogen and oxygen atoms in total. The summed E-state index contributed by atoms with van der Waals surface area (Å²) in [4.78, 5) is 28.7. The van der Waals surface area contributed by atoms with Gasteiger partial charge in [-0.2, -0.15) is 0 Å². The first kappa shape index (κ1) is 18.1. The van der Waals surface area contributed by atoms with Gasteiger partial charge in [0.2, 0.25) is 5.82 Å². The van der Waals surface area contributed by atoms with Gasteiger partial charge in [0.05, 0.1) is 5.54 Å². The molecule has 0 aliphatic carbocycles. The summed E-state index contributed by atoms with van der Waals surface area (Å²) in [6.07, 6.45) is 0.956. The summed E-state index contributed by atoms with van der Waals surface area (Å²) >= 11 is 0. The summed E-state index contributed by atoms with van der Waals surface area (Å²) < 4.78 is 0. The summed E-state index contributed by atoms with van der Waals surface area (Å²) in [5.74, 6) is 1.08. The Morgan fingerprint density at radius 1 is 1.20 bits per heavy atom. The third kappa shape index (κ3) is 3.48. The Morgan fingerprint density at radius 3 is 2.52 bits per heavy atom. The molecule has 2 saturated heterocycles. The lowest BCUT2D eigenvalue weighted by Gasteiger charge is -2.45. The number of aromatic nitrogens is 2. The topological polar surface area (TPSA) is 78.6 Å². The number of carbonyl (C=O) groups excluding carboxylic acids is 1. The second-order valence-corrected chi connectivity index (χ2v) is 8.08. The maximum atomic E-state index is 13.2. The van der Waals surface area contributed by atoms with E-state index in [-0.39, 0.29) is 17.5 Å². The minimum absolute atomic E-state index is 0.0778. The molecule has 1 aromatic heterocycles. The van der Waals surface area contributed by atoms with Gasteiger partial charge in [-0.15, -0.1) is 0 Å². The van der Waals surface area contributed by atoms with Crippen molar-refractivity contribution in [2.75, 3.05) is 44.7 Å². The number of anilines is 1. The van der Waals surface area contributed by atoms with Gasteiger partial charge in [0.15, 0.2) is 0 Å². The van der Waals surface area contributed by atoms with Crippen molar-refractivity contribution < 1.29 is 4.79 Å². The standard InChI is InChI=1S/C18H30N6O/c1-12-13(2)20-15(21-16(12)23-7-6-14(19)10-23)17(25)24-9-8-22(5)11-18(24,3)4/h14H,6-11,19H2,1-5H3/t14-/m1/s1. The fourth-order valence-corrected chi connectivity index (χ4v) is 3.89. The van der Waals surface area contributed by atoms with Gasteiger partial charge < -0.3 is 20.4 Å². The Labute approximate surface area is 150 Å². The molecule has 138 valence electrons. The maximum absolute atomic E-state index is 13.2. The minimum Gasteiger partial charge on any atom is -0.355 e. The van der Waals surface area contributed by atoms with Gasteiger partial charge in [-0.1, -0.05) is 0 Å². The first-order valence-corrected chi connectivity index (χ1v) is 9.05. The van der Waals surface area contributed by atoms with E-state index in [4.69, 9.17) is 5.73 Å². The number of nitrogens with two attached hydrogens (primary N) is 1. The molecule has 0 radical (unpaired) electrons. The number of hydrogen-bond acceptors (Lipinski definition) is 6. The van der Waals surface area contributed by atoms with E-state index in [1.54, 1.807) is 0 Å². The number of likely N-dealkylation sites (N-methyl/N-ethyl adjacent to an activating group) is 1. The summed E-state index contributed by atoms with van der Waals surface area (Å²) in [7, 11) is 2.09. The molecule has 0 bridgehead atoms. The normalized spacial score (nSPS) is 24.0. The van der Waals surface area contributed by atoms with Crippen molar-refractivity contribution in [2.45, 2.75) is 45.7 Å². The predicted molar refractivity (Wildman–Crippen MR) is 98.9 cm³/mol. The van der Waals surface area contributed by atoms with E-state index < -0.39 is 0 Å². The Hall–Kier alpha value is -1.73. The molecule has 0 aromatic carbocycles. The van der Waals surface area contributed by atoms with E-state index in [2.05, 4.69) is 40.7 Å². The zero-order chi connectivity index (χ0) is 18.4. The number of carbonyl (C=O) groups is 1. The Balaban J connectivity index is 1.92. The van der Waals surface area contributed by atoms with E-state index in [1.807, 2.05) is 18.7 Å². The maximum Gasteiger partial charge on any atom is 0.292 e. The molecule has 0 spiro atoms. The highest BCUT2D eigenvalue weighted by atomic mass is 16.2. The molecule has 3 heterocycles. The second kappa shape index (κ2) is 6.53. The molecule has 1 aromatic rings. The van der Waals surface area contributed by atoms with Crippen LogP contribution in [0.25, 0.3) is 0 Å². The first-order chi connectivity index (χ1) is 11.7. The summed E-state index contributed by atoms with van der Waals surface area (Å²) in [6, 6.07) is 0.172. The van der Waals surface area contributed by atoms with Crippen LogP contribution in [0.4, 0.5) is 5.82 Å². The third-order valence-electron chi connectivity index (χ3n) is 5.42. The largest absolute Gasteiger partial charge is 0.355 e. The van der Waals surface area contributed by atoms with Crippen molar-refractivity contribution in [2.24, 2.45) is 5.73 Å². The Bertz CT molecular complexity index is 674. The van der Waals surface area contributed by atoms with Crippen LogP contribution in [0, 0.1) is 13.8 Å². The van der Waals surface area contributed by atoms with Gasteiger partial charge in [0, 0.05) is 50.0 Å². The van der Waals surface area contributed by atoms with Gasteiger partial charge in [0.25, 0.3) is 5.91 Å². The van der Waals surface area contributed by atoms with Crippen molar-refractivity contribution in [3.63, 3.8) is 0 Å². The van der Waals surface area contributed by atoms with Crippen LogP contribution >= 0.6 is 0 Å². The van der Waals surface area contributed by atoms with Crippen LogP contribution in [0.1, 0.15) is 42.1 Å². The quantitative estimate of drug-likeness (QED) is 0.853. The number of amides is 1. The number of rotatable bonds is 2. The molecule has 2 aliphatic heterocycles. The van der Waals surface area contributed by atoms with Gasteiger partial charge in [-0.05, 0) is 41.2 Å². The highest BCUT2D eigenvalue weighted by Crippen LogP contribution is 2.26. The Kier molecular flexibility index (Phi) is 4.72. The average Bonchev–Trinajstić information content (AvgIpc) is 2.94. The molecular formula is C18H30N6O. The minimum atomic E-state index is -0.234. The van der Waals surface area contributed by atoms with Gasteiger partial charge in [-0.25, -0.2) is 9.97 Å². The fraction of sp³-hybridized carbons (Fsp3) is 0.722. The smallest absolute Gasteiger partial charge is 0.292 e. The van der Waals surface area contributed by atoms with Gasteiger partial charge in [0.1, 0.15) is 5.82 Å². The molecule has 2 N–H and O–H groups in total. The number of hydrogen-bond donors (Lipinski definition) is 1. The van der Waals surface area contributed by atoms with E-state index in [9.17, 15) is 4.79 Å². The lowest BCUT2D eigenvalue weighted by molar-refractivity contribution is 0.0237. The molecule has 0 saturated carbocycles. The molecular weight excluding hydrogens is 316 g/mol. The highest BCUT2D eigenvalue weighted by molar-refractivity contribution is 5.91. The second-order valence-electron chi connectivity index (χ2n) is 8.08. The van der Waals surface area contributed by atoms with Crippen molar-refractivity contribution in [1.29, 1.82) is 0 Å². The lowest BCUT2D eigenvalue weighted by atomic mass is 9.99. The molecule has 7 heteroatoms. The molecule has 3 rings (SSSR count). The van der Waals surface area contributed by atoms with Gasteiger partial charge >= 0.3 is 0 Å². The average molecular weight is 346 g/mol. The van der Waals surface area contributed by atoms with Crippen LogP contribution in [0.5, 0.6) is 0 Å². The Morgan fingerprint density at radius 2 is 1.92 bits per heavy atom. The van der Waals surface area contributed by atoms with Crippen LogP contribution in [0.3, 0.4) is 0 Å². The molecule has 1 atom stereocenters. The number of nitrogens with zero attached hydrogens (tertiary/aromatic N) is 5. The van der Waals surface area contributed by atoms with E-state index in [1.165, 1.54) is 0 Å². The van der Waals surface area contributed by atoms with Crippen molar-refractivity contribution in [3.05, 3.63) is 17.1 Å². The van der Waals surface area contributed by atoms with Crippen molar-refractivity contribution >= 4 is 11.7 Å². The third-order valence-corrected chi connectivity index (χ3v) is 5.42. The summed E-state index contributed by atoms with van der Waals surface area (Å²) in [5.41, 5.74) is 7.71. The van der Waals surface area contributed by atoms with Crippen LogP contribution in [0.2, 0.25) is 0 Å². The summed E-state index contributed by atoms with van der Waals surface area (Å²) in [6.45, 7) is 12.2. The SMILES string of the molecule is Cc1nc(C(=O)N2CCN(C)CC2(C)C)nc(N2CC[C@@H](N)C2)c1C. The van der Waals surface area contributed by atoms with Crippen LogP contribution in [-0.2, 0) is 0 Å². The van der Waals surface area contributed by atoms with Gasteiger partial charge in [-0.3, -0.25) is 4.79 Å². The fourth-order valence-electron chi connectivity index (χ4n) is 3.89. The summed E-state index contributed by atoms with van der Waals surface area (Å²) in [5, 5.41) is 0. The van der Waals surface area contributed by atoms with Crippen molar-refractivity contribution in [1.82, 2.24) is 19.8 Å². The van der Waals surface area contributed by atoms with E-state index >= 15 is 0 Å². The lowest BCUT2D eigenvalue weighted by Crippen LogP contribution is -2.60. The zero-order valence-corrected chi connectivity index (χ0v) is 16.0. The van der Waals surface area contributed by atoms with Crippen LogP contribution < -0.4 is 10.6 Å². The molecule has 2 fully saturated rings. The predicted octanol–water partition coefficient (Wildman–Crippen LogP) is 0.797. The van der Waals surface area contributed by atoms with Crippen LogP contribution in [0.15, 0.2) is 0 Å². The van der Waals surface area contributed by atoms with Crippen molar-refractivity contribution in [3.8, 4) is 0 Å². The monoisotopic (exact) mass is 346 g/mol. The zero-order valence-electron chi connectivity index (χ0n) is 16.0. The highest BCUT2D eigenvalue weighted by Gasteiger charge is 2.37. The molecule has 2 aliphatic rings. The molecule has 25 heavy (non-hydrogen) atoms. The number of aryl methyl sites for hydroxylation is 1. The first-order valence-electron chi connectivity index (χ1n) is 9.05. The molecule has 0 unspecified atom stereocenters. The number of piperazine rings is 1. The van der Waals surface area contributed by atoms with Crippen LogP contribution in [-0.4, -0.2) is 77.0 Å². The van der Waals surface area contributed by atoms with E-state index in [0.29, 0.717) is 12.4 Å². The molecule has 1 amide bonds. The van der Waals surface area contributed by atoms with E-state index in [0.717, 1.165) is 49.7 Å².